The van der Waals surface area contributed by atoms with E-state index in [1.54, 1.807) is 0 Å². The largest absolute Gasteiger partial charge is 0.306 e. The van der Waals surface area contributed by atoms with Crippen LogP contribution in [0.5, 0.6) is 0 Å². The zero-order chi connectivity index (χ0) is 36.0. The molecule has 0 spiro atoms. The van der Waals surface area contributed by atoms with Crippen LogP contribution in [0.2, 0.25) is 0 Å². The van der Waals surface area contributed by atoms with Crippen LogP contribution in [0.15, 0.2) is 182 Å². The van der Waals surface area contributed by atoms with Crippen molar-refractivity contribution in [2.45, 2.75) is 0 Å². The molecule has 55 heavy (non-hydrogen) atoms. The van der Waals surface area contributed by atoms with Crippen LogP contribution in [-0.4, -0.2) is 19.1 Å². The molecule has 0 N–H and O–H groups in total. The van der Waals surface area contributed by atoms with Crippen LogP contribution in [0.1, 0.15) is 0 Å². The van der Waals surface area contributed by atoms with E-state index in [0.717, 1.165) is 33.5 Å². The van der Waals surface area contributed by atoms with Gasteiger partial charge in [-0.25, -0.2) is 9.97 Å². The van der Waals surface area contributed by atoms with Gasteiger partial charge in [0.25, 0.3) is 0 Å². The van der Waals surface area contributed by atoms with Crippen LogP contribution in [0.25, 0.3) is 109 Å². The number of para-hydroxylation sites is 2. The molecule has 12 rings (SSSR count). The third kappa shape index (κ3) is 4.57. The molecule has 4 heterocycles. The van der Waals surface area contributed by atoms with Crippen LogP contribution in [-0.2, 0) is 0 Å². The molecule has 2 aromatic heterocycles. The number of nitrogens with zero attached hydrogens (tertiary/aromatic N) is 4. The van der Waals surface area contributed by atoms with Crippen LogP contribution in [0.4, 0.5) is 0 Å². The van der Waals surface area contributed by atoms with E-state index in [0.29, 0.717) is 5.95 Å². The SMILES string of the molecule is c1ccc(-c2cc(-c3ccccc3)nc(-n3c4ccccc4c4cc(-c5ccc6c(c5)sc5cccc7c5-n6c5cccc6cccc7c65)ccc43)n2)cc1. The Morgan fingerprint density at radius 2 is 0.964 bits per heavy atom. The fourth-order valence-electron chi connectivity index (χ4n) is 8.65. The number of hydrogen-bond acceptors (Lipinski definition) is 3. The van der Waals surface area contributed by atoms with Gasteiger partial charge >= 0.3 is 0 Å². The summed E-state index contributed by atoms with van der Waals surface area (Å²) in [6.45, 7) is 0. The maximum Gasteiger partial charge on any atom is 0.235 e. The standard InChI is InChI=1S/C50H30N4S/c1-3-12-31(13-4-1)40-30-41(32-14-5-2-6-15-32)52-50(51-40)54-42-21-8-7-18-36(42)39-28-34(24-26-43(39)54)35-25-27-44-47(29-35)55-46-23-11-20-38-37-19-9-16-33-17-10-22-45(48(33)37)53(44)49(38)46/h1-30H. The van der Waals surface area contributed by atoms with Crippen molar-refractivity contribution in [3.8, 4) is 45.3 Å². The molecule has 10 aromatic rings. The molecule has 0 atom stereocenters. The van der Waals surface area contributed by atoms with E-state index in [2.05, 4.69) is 179 Å². The van der Waals surface area contributed by atoms with Crippen LogP contribution in [0, 0.1) is 0 Å². The quantitative estimate of drug-likeness (QED) is 0.134. The van der Waals surface area contributed by atoms with E-state index in [-0.39, 0.29) is 0 Å². The zero-order valence-corrected chi connectivity index (χ0v) is 30.3. The molecule has 0 unspecified atom stereocenters. The number of benzene rings is 8. The van der Waals surface area contributed by atoms with Gasteiger partial charge in [0.05, 0.1) is 48.5 Å². The summed E-state index contributed by atoms with van der Waals surface area (Å²) >= 11 is 1.87. The monoisotopic (exact) mass is 718 g/mol. The molecule has 0 aliphatic carbocycles. The first-order valence-corrected chi connectivity index (χ1v) is 19.4. The summed E-state index contributed by atoms with van der Waals surface area (Å²) in [6.07, 6.45) is 0. The molecule has 4 nitrogen and oxygen atoms in total. The first kappa shape index (κ1) is 30.4. The molecule has 0 bridgehead atoms. The van der Waals surface area contributed by atoms with E-state index in [9.17, 15) is 0 Å². The van der Waals surface area contributed by atoms with Crippen LogP contribution >= 0.6 is 11.3 Å². The normalized spacial score (nSPS) is 12.0. The highest BCUT2D eigenvalue weighted by atomic mass is 32.1. The summed E-state index contributed by atoms with van der Waals surface area (Å²) in [6, 6.07) is 65.3. The smallest absolute Gasteiger partial charge is 0.235 e. The van der Waals surface area contributed by atoms with Gasteiger partial charge in [0.15, 0.2) is 0 Å². The molecule has 0 saturated carbocycles. The van der Waals surface area contributed by atoms with Crippen LogP contribution < -0.4 is 0 Å². The highest BCUT2D eigenvalue weighted by Crippen LogP contribution is 2.44. The molecule has 5 heteroatoms. The van der Waals surface area contributed by atoms with Gasteiger partial charge in [0, 0.05) is 32.7 Å². The van der Waals surface area contributed by atoms with E-state index in [1.165, 1.54) is 69.6 Å². The summed E-state index contributed by atoms with van der Waals surface area (Å²) in [5, 5.41) is 7.52. The lowest BCUT2D eigenvalue weighted by Crippen LogP contribution is -2.04. The molecule has 0 amide bonds. The number of aromatic nitrogens is 4. The molecule has 2 aliphatic rings. The zero-order valence-electron chi connectivity index (χ0n) is 29.5. The summed E-state index contributed by atoms with van der Waals surface area (Å²) in [5.41, 5.74) is 12.1. The topological polar surface area (TPSA) is 35.6 Å². The minimum Gasteiger partial charge on any atom is -0.306 e. The van der Waals surface area contributed by atoms with E-state index in [1.807, 2.05) is 23.5 Å². The van der Waals surface area contributed by atoms with E-state index < -0.39 is 0 Å². The fourth-order valence-corrected chi connectivity index (χ4v) is 9.78. The van der Waals surface area contributed by atoms with E-state index >= 15 is 0 Å². The Morgan fingerprint density at radius 1 is 0.364 bits per heavy atom. The lowest BCUT2D eigenvalue weighted by Gasteiger charge is -2.23. The Bertz CT molecular complexity index is 3360. The molecule has 0 saturated heterocycles. The lowest BCUT2D eigenvalue weighted by molar-refractivity contribution is 0.995. The number of rotatable bonds is 4. The average molecular weight is 719 g/mol. The Morgan fingerprint density at radius 3 is 1.75 bits per heavy atom. The van der Waals surface area contributed by atoms with Crippen molar-refractivity contribution in [1.29, 1.82) is 0 Å². The van der Waals surface area contributed by atoms with Gasteiger partial charge in [0.1, 0.15) is 0 Å². The Kier molecular flexibility index (Phi) is 6.47. The highest BCUT2D eigenvalue weighted by molar-refractivity contribution is 7.24. The summed E-state index contributed by atoms with van der Waals surface area (Å²) in [5.74, 6) is 0.653. The van der Waals surface area contributed by atoms with Gasteiger partial charge in [-0.3, -0.25) is 4.57 Å². The van der Waals surface area contributed by atoms with Gasteiger partial charge < -0.3 is 4.57 Å². The number of hydrogen-bond donors (Lipinski definition) is 0. The van der Waals surface area contributed by atoms with Crippen molar-refractivity contribution < 1.29 is 0 Å². The van der Waals surface area contributed by atoms with Crippen molar-refractivity contribution in [1.82, 2.24) is 19.1 Å². The second-order valence-electron chi connectivity index (χ2n) is 14.2. The maximum atomic E-state index is 5.22. The van der Waals surface area contributed by atoms with Crippen molar-refractivity contribution in [3.05, 3.63) is 182 Å². The Balaban J connectivity index is 1.07. The minimum absolute atomic E-state index is 0.653. The Labute approximate surface area is 320 Å². The first-order valence-electron chi connectivity index (χ1n) is 18.6. The highest BCUT2D eigenvalue weighted by Gasteiger charge is 2.21. The molecular weight excluding hydrogens is 689 g/mol. The summed E-state index contributed by atoms with van der Waals surface area (Å²) in [4.78, 5) is 10.4. The molecular formula is C50H30N4S. The van der Waals surface area contributed by atoms with Gasteiger partial charge in [-0.15, -0.1) is 11.3 Å². The number of pyridine rings is 1. The van der Waals surface area contributed by atoms with E-state index in [4.69, 9.17) is 9.97 Å². The molecule has 8 aromatic carbocycles. The lowest BCUT2D eigenvalue weighted by atomic mass is 9.98. The first-order chi connectivity index (χ1) is 27.3. The fraction of sp³-hybridized carbons (Fsp3) is 0. The summed E-state index contributed by atoms with van der Waals surface area (Å²) in [7, 11) is 0. The molecule has 0 radical (unpaired) electrons. The van der Waals surface area contributed by atoms with Gasteiger partial charge in [-0.1, -0.05) is 133 Å². The summed E-state index contributed by atoms with van der Waals surface area (Å²) < 4.78 is 7.24. The number of fused-ring (bicyclic) bond motifs is 7. The molecule has 256 valence electrons. The molecule has 0 fully saturated rings. The van der Waals surface area contributed by atoms with Crippen molar-refractivity contribution >= 4 is 75.1 Å². The predicted octanol–water partition coefficient (Wildman–Crippen LogP) is 13.5. The van der Waals surface area contributed by atoms with Gasteiger partial charge in [0.2, 0.25) is 5.95 Å². The second-order valence-corrected chi connectivity index (χ2v) is 15.3. The van der Waals surface area contributed by atoms with Gasteiger partial charge in [-0.05, 0) is 70.4 Å². The van der Waals surface area contributed by atoms with Crippen molar-refractivity contribution in [2.24, 2.45) is 0 Å². The predicted molar refractivity (Wildman–Crippen MR) is 231 cm³/mol. The third-order valence-corrected chi connectivity index (χ3v) is 12.2. The maximum absolute atomic E-state index is 5.22. The molecule has 2 aliphatic heterocycles. The second kappa shape index (κ2) is 11.7. The van der Waals surface area contributed by atoms with Crippen molar-refractivity contribution in [2.75, 3.05) is 0 Å². The Hall–Kier alpha value is -7.08. The van der Waals surface area contributed by atoms with Crippen molar-refractivity contribution in [3.63, 3.8) is 0 Å². The van der Waals surface area contributed by atoms with Crippen LogP contribution in [0.3, 0.4) is 0 Å². The minimum atomic E-state index is 0.653. The third-order valence-electron chi connectivity index (χ3n) is 11.1. The average Bonchev–Trinajstić information content (AvgIpc) is 3.59. The van der Waals surface area contributed by atoms with Gasteiger partial charge in [-0.2, -0.15) is 0 Å².